The van der Waals surface area contributed by atoms with Gasteiger partial charge in [-0.05, 0) is 29.8 Å². The maximum atomic E-state index is 14.1. The van der Waals surface area contributed by atoms with Gasteiger partial charge < -0.3 is 10.5 Å². The first-order valence-corrected chi connectivity index (χ1v) is 8.03. The topological polar surface area (TPSA) is 48.1 Å². The van der Waals surface area contributed by atoms with Crippen molar-refractivity contribution in [3.05, 3.63) is 59.5 Å². The zero-order valence-electron chi connectivity index (χ0n) is 13.5. The first-order chi connectivity index (χ1) is 12.4. The van der Waals surface area contributed by atoms with Crippen molar-refractivity contribution < 1.29 is 22.3 Å². The van der Waals surface area contributed by atoms with Gasteiger partial charge in [-0.25, -0.2) is 4.39 Å². The fourth-order valence-corrected chi connectivity index (χ4v) is 3.37. The Balaban J connectivity index is 1.98. The van der Waals surface area contributed by atoms with Crippen LogP contribution in [0.1, 0.15) is 11.1 Å². The Kier molecular flexibility index (Phi) is 3.84. The second-order valence-electron chi connectivity index (χ2n) is 6.18. The van der Waals surface area contributed by atoms with Crippen molar-refractivity contribution in [2.75, 3.05) is 6.54 Å². The lowest BCUT2D eigenvalue weighted by molar-refractivity contribution is -0.136. The van der Waals surface area contributed by atoms with E-state index in [-0.39, 0.29) is 23.6 Å². The number of benzene rings is 2. The number of nitrogens with two attached hydrogens (primary N) is 1. The van der Waals surface area contributed by atoms with Crippen LogP contribution in [0.4, 0.5) is 17.6 Å². The molecule has 3 nitrogen and oxygen atoms in total. The molecule has 7 heteroatoms. The summed E-state index contributed by atoms with van der Waals surface area (Å²) in [4.78, 5) is 3.91. The van der Waals surface area contributed by atoms with Crippen LogP contribution in [-0.4, -0.2) is 17.6 Å². The Labute approximate surface area is 146 Å². The van der Waals surface area contributed by atoms with E-state index in [0.717, 1.165) is 6.07 Å². The zero-order chi connectivity index (χ0) is 18.5. The lowest BCUT2D eigenvalue weighted by atomic mass is 9.96. The van der Waals surface area contributed by atoms with Crippen LogP contribution in [-0.2, 0) is 12.6 Å². The monoisotopic (exact) mass is 362 g/mol. The molecule has 1 aromatic heterocycles. The number of ether oxygens (including phenoxy) is 1. The minimum atomic E-state index is -4.53. The second-order valence-corrected chi connectivity index (χ2v) is 6.18. The molecule has 0 fully saturated rings. The predicted octanol–water partition coefficient (Wildman–Crippen LogP) is 4.32. The number of alkyl halides is 3. The number of pyridine rings is 1. The average Bonchev–Trinajstić information content (AvgIpc) is 3.02. The largest absolute Gasteiger partial charge is 0.488 e. The molecule has 0 bridgehead atoms. The van der Waals surface area contributed by atoms with Crippen molar-refractivity contribution in [2.45, 2.75) is 18.7 Å². The van der Waals surface area contributed by atoms with Crippen molar-refractivity contribution >= 4 is 10.9 Å². The summed E-state index contributed by atoms with van der Waals surface area (Å²) >= 11 is 0. The summed E-state index contributed by atoms with van der Waals surface area (Å²) in [6.07, 6.45) is -3.05. The number of fused-ring (bicyclic) bond motifs is 2. The molecule has 4 rings (SSSR count). The van der Waals surface area contributed by atoms with Gasteiger partial charge in [0, 0.05) is 35.7 Å². The van der Waals surface area contributed by atoms with E-state index in [9.17, 15) is 17.6 Å². The van der Waals surface area contributed by atoms with Crippen molar-refractivity contribution in [3.8, 4) is 16.9 Å². The molecule has 1 unspecified atom stereocenters. The molecule has 2 aromatic carbocycles. The minimum absolute atomic E-state index is 0.177. The third-order valence-electron chi connectivity index (χ3n) is 4.49. The van der Waals surface area contributed by atoms with Crippen LogP contribution in [0.15, 0.2) is 42.6 Å². The summed E-state index contributed by atoms with van der Waals surface area (Å²) in [5.74, 6) is -0.0104. The van der Waals surface area contributed by atoms with Gasteiger partial charge in [0.25, 0.3) is 0 Å². The third-order valence-corrected chi connectivity index (χ3v) is 4.49. The number of hydrogen-bond acceptors (Lipinski definition) is 3. The molecule has 2 N–H and O–H groups in total. The third kappa shape index (κ3) is 2.68. The number of para-hydroxylation sites is 1. The molecule has 2 heterocycles. The molecular weight excluding hydrogens is 348 g/mol. The Morgan fingerprint density at radius 2 is 1.96 bits per heavy atom. The van der Waals surface area contributed by atoms with E-state index in [2.05, 4.69) is 4.98 Å². The van der Waals surface area contributed by atoms with Crippen LogP contribution in [0, 0.1) is 5.82 Å². The highest BCUT2D eigenvalue weighted by Gasteiger charge is 2.34. The van der Waals surface area contributed by atoms with E-state index in [1.807, 2.05) is 0 Å². The van der Waals surface area contributed by atoms with Crippen LogP contribution in [0.5, 0.6) is 5.75 Å². The van der Waals surface area contributed by atoms with Gasteiger partial charge in [-0.15, -0.1) is 0 Å². The summed E-state index contributed by atoms with van der Waals surface area (Å²) in [6, 6.07) is 8.05. The molecule has 0 saturated heterocycles. The van der Waals surface area contributed by atoms with Gasteiger partial charge in [0.1, 0.15) is 17.7 Å². The molecule has 1 aliphatic heterocycles. The van der Waals surface area contributed by atoms with Crippen LogP contribution < -0.4 is 10.5 Å². The van der Waals surface area contributed by atoms with Crippen molar-refractivity contribution in [3.63, 3.8) is 0 Å². The SMILES string of the molecule is NCC1Cc2cc(F)cc(-c3ccnc4c(C(F)(F)F)cccc34)c2O1. The number of nitrogens with zero attached hydrogens (tertiary/aromatic N) is 1. The van der Waals surface area contributed by atoms with Gasteiger partial charge in [0.05, 0.1) is 11.1 Å². The standard InChI is InChI=1S/C19H14F4N2O/c20-11-6-10-7-12(9-24)26-18(10)15(8-11)13-4-5-25-17-14(13)2-1-3-16(17)19(21,22)23/h1-6,8,12H,7,9,24H2. The molecule has 26 heavy (non-hydrogen) atoms. The highest BCUT2D eigenvalue weighted by atomic mass is 19.4. The van der Waals surface area contributed by atoms with Crippen LogP contribution >= 0.6 is 0 Å². The van der Waals surface area contributed by atoms with E-state index < -0.39 is 17.6 Å². The summed E-state index contributed by atoms with van der Waals surface area (Å²) in [7, 11) is 0. The van der Waals surface area contributed by atoms with Gasteiger partial charge in [-0.3, -0.25) is 4.98 Å². The molecule has 0 amide bonds. The highest BCUT2D eigenvalue weighted by Crippen LogP contribution is 2.43. The van der Waals surface area contributed by atoms with Gasteiger partial charge >= 0.3 is 6.18 Å². The van der Waals surface area contributed by atoms with Crippen LogP contribution in [0.2, 0.25) is 0 Å². The van der Waals surface area contributed by atoms with E-state index >= 15 is 0 Å². The first kappa shape index (κ1) is 16.8. The van der Waals surface area contributed by atoms with Crippen molar-refractivity contribution in [1.29, 1.82) is 0 Å². The van der Waals surface area contributed by atoms with E-state index in [1.165, 1.54) is 24.4 Å². The number of hydrogen-bond donors (Lipinski definition) is 1. The fourth-order valence-electron chi connectivity index (χ4n) is 3.37. The normalized spacial score (nSPS) is 16.6. The summed E-state index contributed by atoms with van der Waals surface area (Å²) in [5, 5.41) is 0.287. The fraction of sp³-hybridized carbons (Fsp3) is 0.211. The smallest absolute Gasteiger partial charge is 0.418 e. The quantitative estimate of drug-likeness (QED) is 0.691. The molecule has 0 aliphatic carbocycles. The molecule has 134 valence electrons. The lowest BCUT2D eigenvalue weighted by Crippen LogP contribution is -2.24. The van der Waals surface area contributed by atoms with Crippen LogP contribution in [0.25, 0.3) is 22.0 Å². The molecular formula is C19H14F4N2O. The summed E-state index contributed by atoms with van der Waals surface area (Å²) in [6.45, 7) is 0.269. The molecule has 0 radical (unpaired) electrons. The molecule has 1 aliphatic rings. The Morgan fingerprint density at radius 1 is 1.15 bits per heavy atom. The minimum Gasteiger partial charge on any atom is -0.488 e. The average molecular weight is 362 g/mol. The molecule has 1 atom stereocenters. The molecule has 0 saturated carbocycles. The summed E-state index contributed by atoms with van der Waals surface area (Å²) in [5.41, 5.74) is 6.14. The van der Waals surface area contributed by atoms with E-state index in [0.29, 0.717) is 28.9 Å². The van der Waals surface area contributed by atoms with Crippen molar-refractivity contribution in [2.24, 2.45) is 5.73 Å². The Morgan fingerprint density at radius 3 is 2.69 bits per heavy atom. The first-order valence-electron chi connectivity index (χ1n) is 8.03. The van der Waals surface area contributed by atoms with Gasteiger partial charge in [-0.2, -0.15) is 13.2 Å². The van der Waals surface area contributed by atoms with Crippen LogP contribution in [0.3, 0.4) is 0 Å². The maximum Gasteiger partial charge on any atom is 0.418 e. The predicted molar refractivity (Wildman–Crippen MR) is 89.3 cm³/mol. The maximum absolute atomic E-state index is 14.1. The summed E-state index contributed by atoms with van der Waals surface area (Å²) < 4.78 is 59.8. The second kappa shape index (κ2) is 5.95. The van der Waals surface area contributed by atoms with Gasteiger partial charge in [0.2, 0.25) is 0 Å². The Bertz CT molecular complexity index is 1000. The lowest BCUT2D eigenvalue weighted by Gasteiger charge is -2.15. The molecule has 0 spiro atoms. The number of rotatable bonds is 2. The highest BCUT2D eigenvalue weighted by molar-refractivity contribution is 5.97. The number of halogens is 4. The Hall–Kier alpha value is -2.67. The van der Waals surface area contributed by atoms with Gasteiger partial charge in [0.15, 0.2) is 0 Å². The van der Waals surface area contributed by atoms with Gasteiger partial charge in [-0.1, -0.05) is 12.1 Å². The van der Waals surface area contributed by atoms with Crippen molar-refractivity contribution in [1.82, 2.24) is 4.98 Å². The zero-order valence-corrected chi connectivity index (χ0v) is 13.5. The number of aromatic nitrogens is 1. The molecule has 3 aromatic rings. The van der Waals surface area contributed by atoms with E-state index in [1.54, 1.807) is 12.1 Å². The van der Waals surface area contributed by atoms with E-state index in [4.69, 9.17) is 10.5 Å².